The van der Waals surface area contributed by atoms with Crippen LogP contribution in [0.15, 0.2) is 24.3 Å². The summed E-state index contributed by atoms with van der Waals surface area (Å²) in [5.41, 5.74) is 3.12. The molecule has 0 amide bonds. The minimum Gasteiger partial charge on any atom is -0.310 e. The first-order valence-corrected chi connectivity index (χ1v) is 8.58. The molecule has 0 bridgehead atoms. The summed E-state index contributed by atoms with van der Waals surface area (Å²) in [6, 6.07) is 9.61. The molecule has 2 rings (SSSR count). The summed E-state index contributed by atoms with van der Waals surface area (Å²) in [7, 11) is 0. The SMILES string of the molecule is CCCCC(CC)CNC1CCC(C)c2ccccc21. The predicted octanol–water partition coefficient (Wildman–Crippen LogP) is 5.43. The smallest absolute Gasteiger partial charge is 0.0323 e. The molecule has 3 unspecified atom stereocenters. The van der Waals surface area contributed by atoms with Crippen LogP contribution in [0.25, 0.3) is 0 Å². The summed E-state index contributed by atoms with van der Waals surface area (Å²) in [4.78, 5) is 0. The third-order valence-corrected chi connectivity index (χ3v) is 4.99. The average Bonchev–Trinajstić information content (AvgIpc) is 2.49. The van der Waals surface area contributed by atoms with Gasteiger partial charge >= 0.3 is 0 Å². The summed E-state index contributed by atoms with van der Waals surface area (Å²) in [6.07, 6.45) is 7.99. The highest BCUT2D eigenvalue weighted by molar-refractivity contribution is 5.34. The van der Waals surface area contributed by atoms with Crippen molar-refractivity contribution in [2.24, 2.45) is 5.92 Å². The Labute approximate surface area is 125 Å². The molecule has 0 fully saturated rings. The Bertz CT molecular complexity index is 399. The molecule has 3 atom stereocenters. The van der Waals surface area contributed by atoms with Gasteiger partial charge in [-0.1, -0.05) is 64.3 Å². The first-order valence-electron chi connectivity index (χ1n) is 8.58. The van der Waals surface area contributed by atoms with E-state index in [9.17, 15) is 0 Å². The Balaban J connectivity index is 1.95. The minimum atomic E-state index is 0.582. The van der Waals surface area contributed by atoms with Crippen molar-refractivity contribution >= 4 is 0 Å². The first kappa shape index (κ1) is 15.6. The standard InChI is InChI=1S/C19H31N/c1-4-6-9-16(5-2)14-20-19-13-12-15(3)17-10-7-8-11-18(17)19/h7-8,10-11,15-16,19-20H,4-6,9,12-14H2,1-3H3. The highest BCUT2D eigenvalue weighted by Gasteiger charge is 2.24. The van der Waals surface area contributed by atoms with Crippen molar-refractivity contribution in [2.75, 3.05) is 6.54 Å². The maximum Gasteiger partial charge on any atom is 0.0323 e. The van der Waals surface area contributed by atoms with Crippen molar-refractivity contribution in [3.8, 4) is 0 Å². The average molecular weight is 273 g/mol. The van der Waals surface area contributed by atoms with Gasteiger partial charge in [-0.3, -0.25) is 0 Å². The molecule has 112 valence electrons. The Hall–Kier alpha value is -0.820. The van der Waals surface area contributed by atoms with Crippen LogP contribution in [0.3, 0.4) is 0 Å². The maximum atomic E-state index is 3.86. The lowest BCUT2D eigenvalue weighted by molar-refractivity contribution is 0.362. The molecule has 20 heavy (non-hydrogen) atoms. The lowest BCUT2D eigenvalue weighted by atomic mass is 9.81. The topological polar surface area (TPSA) is 12.0 Å². The van der Waals surface area contributed by atoms with Crippen LogP contribution in [0, 0.1) is 5.92 Å². The highest BCUT2D eigenvalue weighted by atomic mass is 14.9. The number of hydrogen-bond donors (Lipinski definition) is 1. The summed E-state index contributed by atoms with van der Waals surface area (Å²) in [5, 5.41) is 3.86. The fraction of sp³-hybridized carbons (Fsp3) is 0.684. The van der Waals surface area contributed by atoms with Crippen LogP contribution < -0.4 is 5.32 Å². The number of unbranched alkanes of at least 4 members (excludes halogenated alkanes) is 1. The van der Waals surface area contributed by atoms with Gasteiger partial charge in [0.25, 0.3) is 0 Å². The van der Waals surface area contributed by atoms with Crippen molar-refractivity contribution in [2.45, 2.75) is 71.3 Å². The van der Waals surface area contributed by atoms with Crippen molar-refractivity contribution in [1.29, 1.82) is 0 Å². The zero-order valence-corrected chi connectivity index (χ0v) is 13.5. The van der Waals surface area contributed by atoms with Gasteiger partial charge in [0.15, 0.2) is 0 Å². The maximum absolute atomic E-state index is 3.86. The molecule has 1 N–H and O–H groups in total. The van der Waals surface area contributed by atoms with Gasteiger partial charge in [-0.05, 0) is 48.8 Å². The molecule has 1 aliphatic carbocycles. The predicted molar refractivity (Wildman–Crippen MR) is 88.1 cm³/mol. The fourth-order valence-electron chi connectivity index (χ4n) is 3.47. The minimum absolute atomic E-state index is 0.582. The zero-order chi connectivity index (χ0) is 14.4. The third-order valence-electron chi connectivity index (χ3n) is 4.99. The molecule has 1 aromatic carbocycles. The lowest BCUT2D eigenvalue weighted by Crippen LogP contribution is -2.30. The van der Waals surface area contributed by atoms with Gasteiger partial charge in [0.05, 0.1) is 0 Å². The van der Waals surface area contributed by atoms with E-state index in [0.717, 1.165) is 11.8 Å². The van der Waals surface area contributed by atoms with E-state index >= 15 is 0 Å². The molecular weight excluding hydrogens is 242 g/mol. The molecule has 0 heterocycles. The van der Waals surface area contributed by atoms with Gasteiger partial charge in [-0.25, -0.2) is 0 Å². The van der Waals surface area contributed by atoms with Crippen molar-refractivity contribution in [3.05, 3.63) is 35.4 Å². The van der Waals surface area contributed by atoms with E-state index < -0.39 is 0 Å². The summed E-state index contributed by atoms with van der Waals surface area (Å²) >= 11 is 0. The molecule has 1 heteroatoms. The van der Waals surface area contributed by atoms with Crippen LogP contribution in [-0.2, 0) is 0 Å². The fourth-order valence-corrected chi connectivity index (χ4v) is 3.47. The summed E-state index contributed by atoms with van der Waals surface area (Å²) < 4.78 is 0. The second-order valence-corrected chi connectivity index (χ2v) is 6.48. The third kappa shape index (κ3) is 3.85. The van der Waals surface area contributed by atoms with Crippen molar-refractivity contribution < 1.29 is 0 Å². The quantitative estimate of drug-likeness (QED) is 0.698. The van der Waals surface area contributed by atoms with E-state index in [-0.39, 0.29) is 0 Å². The van der Waals surface area contributed by atoms with Crippen LogP contribution in [0.5, 0.6) is 0 Å². The molecular formula is C19H31N. The van der Waals surface area contributed by atoms with Gasteiger partial charge < -0.3 is 5.32 Å². The highest BCUT2D eigenvalue weighted by Crippen LogP contribution is 2.37. The van der Waals surface area contributed by atoms with Crippen LogP contribution in [0.2, 0.25) is 0 Å². The monoisotopic (exact) mass is 273 g/mol. The van der Waals surface area contributed by atoms with E-state index in [1.54, 1.807) is 11.1 Å². The Morgan fingerprint density at radius 2 is 1.90 bits per heavy atom. The van der Waals surface area contributed by atoms with E-state index in [1.165, 1.54) is 45.1 Å². The Morgan fingerprint density at radius 1 is 1.15 bits per heavy atom. The molecule has 0 saturated heterocycles. The van der Waals surface area contributed by atoms with Gasteiger partial charge in [0.1, 0.15) is 0 Å². The molecule has 1 aromatic rings. The lowest BCUT2D eigenvalue weighted by Gasteiger charge is -2.31. The molecule has 0 aliphatic heterocycles. The van der Waals surface area contributed by atoms with E-state index in [0.29, 0.717) is 6.04 Å². The number of hydrogen-bond acceptors (Lipinski definition) is 1. The van der Waals surface area contributed by atoms with Gasteiger partial charge in [-0.15, -0.1) is 0 Å². The van der Waals surface area contributed by atoms with Crippen molar-refractivity contribution in [3.63, 3.8) is 0 Å². The number of benzene rings is 1. The van der Waals surface area contributed by atoms with Crippen LogP contribution in [0.1, 0.15) is 82.4 Å². The second-order valence-electron chi connectivity index (χ2n) is 6.48. The molecule has 0 aromatic heterocycles. The molecule has 1 nitrogen and oxygen atoms in total. The van der Waals surface area contributed by atoms with E-state index in [4.69, 9.17) is 0 Å². The Kier molecular flexibility index (Phi) is 6.09. The van der Waals surface area contributed by atoms with Gasteiger partial charge in [0.2, 0.25) is 0 Å². The number of rotatable bonds is 7. The van der Waals surface area contributed by atoms with Gasteiger partial charge in [0, 0.05) is 6.04 Å². The molecule has 0 spiro atoms. The Morgan fingerprint density at radius 3 is 2.60 bits per heavy atom. The summed E-state index contributed by atoms with van der Waals surface area (Å²) in [6.45, 7) is 8.17. The van der Waals surface area contributed by atoms with Crippen molar-refractivity contribution in [1.82, 2.24) is 5.32 Å². The second kappa shape index (κ2) is 7.83. The van der Waals surface area contributed by atoms with Crippen LogP contribution >= 0.6 is 0 Å². The molecule has 1 aliphatic rings. The number of nitrogens with one attached hydrogen (secondary N) is 1. The zero-order valence-electron chi connectivity index (χ0n) is 13.5. The normalized spacial score (nSPS) is 23.4. The van der Waals surface area contributed by atoms with Crippen LogP contribution in [0.4, 0.5) is 0 Å². The number of fused-ring (bicyclic) bond motifs is 1. The van der Waals surface area contributed by atoms with Gasteiger partial charge in [-0.2, -0.15) is 0 Å². The van der Waals surface area contributed by atoms with E-state index in [1.807, 2.05) is 0 Å². The molecule has 0 saturated carbocycles. The summed E-state index contributed by atoms with van der Waals surface area (Å²) in [5.74, 6) is 1.58. The van der Waals surface area contributed by atoms with Crippen LogP contribution in [-0.4, -0.2) is 6.54 Å². The largest absolute Gasteiger partial charge is 0.310 e. The molecule has 0 radical (unpaired) electrons. The van der Waals surface area contributed by atoms with E-state index in [2.05, 4.69) is 50.4 Å². The first-order chi connectivity index (χ1) is 9.76.